The lowest BCUT2D eigenvalue weighted by atomic mass is 9.99. The Morgan fingerprint density at radius 2 is 1.70 bits per heavy atom. The van der Waals surface area contributed by atoms with Crippen molar-refractivity contribution in [3.8, 4) is 16.9 Å². The molecule has 1 heterocycles. The number of benzene rings is 4. The first-order valence-corrected chi connectivity index (χ1v) is 15.8. The number of esters is 1. The van der Waals surface area contributed by atoms with Gasteiger partial charge in [0.2, 0.25) is 5.91 Å². The number of halogens is 3. The van der Waals surface area contributed by atoms with Crippen molar-refractivity contribution >= 4 is 27.6 Å². The van der Waals surface area contributed by atoms with Crippen molar-refractivity contribution in [2.45, 2.75) is 36.9 Å². The van der Waals surface area contributed by atoms with E-state index in [1.807, 2.05) is 0 Å². The van der Waals surface area contributed by atoms with Crippen LogP contribution in [-0.4, -0.2) is 46.6 Å². The average Bonchev–Trinajstić information content (AvgIpc) is 3.44. The van der Waals surface area contributed by atoms with Gasteiger partial charge in [0.25, 0.3) is 10.0 Å². The Kier molecular flexibility index (Phi) is 9.38. The number of nitrogens with one attached hydrogen (secondary N) is 1. The van der Waals surface area contributed by atoms with Crippen molar-refractivity contribution in [1.29, 1.82) is 0 Å². The molecule has 1 aliphatic rings. The summed E-state index contributed by atoms with van der Waals surface area (Å²) in [5.74, 6) is -0.331. The van der Waals surface area contributed by atoms with Crippen LogP contribution in [-0.2, 0) is 43.4 Å². The molecule has 4 aromatic carbocycles. The van der Waals surface area contributed by atoms with Gasteiger partial charge in [-0.25, -0.2) is 8.42 Å². The van der Waals surface area contributed by atoms with Crippen molar-refractivity contribution < 1.29 is 40.7 Å². The molecular formula is C34H31F3N2O6S. The average molecular weight is 653 g/mol. The Bertz CT molecular complexity index is 1860. The highest BCUT2D eigenvalue weighted by atomic mass is 32.2. The van der Waals surface area contributed by atoms with Crippen LogP contribution in [0.3, 0.4) is 0 Å². The summed E-state index contributed by atoms with van der Waals surface area (Å²) in [6.07, 6.45) is -4.23. The molecule has 12 heteroatoms. The minimum atomic E-state index is -4.52. The van der Waals surface area contributed by atoms with Gasteiger partial charge in [-0.15, -0.1) is 0 Å². The van der Waals surface area contributed by atoms with Crippen molar-refractivity contribution in [3.63, 3.8) is 0 Å². The minimum absolute atomic E-state index is 0.0887. The lowest BCUT2D eigenvalue weighted by molar-refractivity contribution is -0.140. The summed E-state index contributed by atoms with van der Waals surface area (Å²) >= 11 is 0. The maximum absolute atomic E-state index is 14.1. The SMILES string of the molecule is COC(=O)Cc1ccc(OCCNC(=O)[C@@H]2Cc3ccccc3N2S(=O)(=O)c2ccc(-c3cccc(C(F)(F)F)c3)c(C)c2)cc1. The molecular weight excluding hydrogens is 621 g/mol. The fourth-order valence-electron chi connectivity index (χ4n) is 5.35. The number of ether oxygens (including phenoxy) is 2. The van der Waals surface area contributed by atoms with Gasteiger partial charge in [0.15, 0.2) is 0 Å². The zero-order valence-corrected chi connectivity index (χ0v) is 25.8. The van der Waals surface area contributed by atoms with E-state index in [0.717, 1.165) is 22.0 Å². The zero-order chi connectivity index (χ0) is 33.1. The van der Waals surface area contributed by atoms with Crippen molar-refractivity contribution in [1.82, 2.24) is 5.32 Å². The summed E-state index contributed by atoms with van der Waals surface area (Å²) in [6, 6.07) is 21.7. The van der Waals surface area contributed by atoms with Gasteiger partial charge in [-0.3, -0.25) is 13.9 Å². The predicted octanol–water partition coefficient (Wildman–Crippen LogP) is 5.71. The molecule has 5 rings (SSSR count). The van der Waals surface area contributed by atoms with E-state index < -0.39 is 33.7 Å². The van der Waals surface area contributed by atoms with E-state index in [-0.39, 0.29) is 36.9 Å². The standard InChI is InChI=1S/C34H31F3N2O6S/c1-22-18-28(14-15-29(22)24-7-5-8-26(20-24)34(35,36)37)46(42,43)39-30-9-4-3-6-25(30)21-31(39)33(41)38-16-17-45-27-12-10-23(11-13-27)19-32(40)44-2/h3-15,18,20,31H,16-17,19,21H2,1-2H3,(H,38,41)/t31-/m0/s1. The minimum Gasteiger partial charge on any atom is -0.492 e. The number of fused-ring (bicyclic) bond motifs is 1. The largest absolute Gasteiger partial charge is 0.492 e. The highest BCUT2D eigenvalue weighted by molar-refractivity contribution is 7.93. The molecule has 1 aliphatic heterocycles. The number of amides is 1. The second-order valence-electron chi connectivity index (χ2n) is 10.7. The molecule has 0 fully saturated rings. The highest BCUT2D eigenvalue weighted by Gasteiger charge is 2.42. The fraction of sp³-hybridized carbons (Fsp3) is 0.235. The molecule has 240 valence electrons. The monoisotopic (exact) mass is 652 g/mol. The number of aryl methyl sites for hydroxylation is 1. The molecule has 1 N–H and O–H groups in total. The number of anilines is 1. The molecule has 1 amide bonds. The first kappa shape index (κ1) is 32.6. The molecule has 0 saturated heterocycles. The Morgan fingerprint density at radius 1 is 0.957 bits per heavy atom. The van der Waals surface area contributed by atoms with Gasteiger partial charge in [-0.1, -0.05) is 48.5 Å². The summed E-state index contributed by atoms with van der Waals surface area (Å²) in [5, 5.41) is 2.76. The van der Waals surface area contributed by atoms with E-state index in [1.165, 1.54) is 37.4 Å². The van der Waals surface area contributed by atoms with Crippen LogP contribution in [0.25, 0.3) is 11.1 Å². The summed E-state index contributed by atoms with van der Waals surface area (Å²) in [6.45, 7) is 1.85. The molecule has 0 bridgehead atoms. The lowest BCUT2D eigenvalue weighted by Gasteiger charge is -2.26. The first-order chi connectivity index (χ1) is 21.9. The molecule has 0 aromatic heterocycles. The Hall–Kier alpha value is -4.84. The number of sulfonamides is 1. The van der Waals surface area contributed by atoms with Crippen LogP contribution < -0.4 is 14.4 Å². The summed E-state index contributed by atoms with van der Waals surface area (Å²) in [4.78, 5) is 24.8. The third kappa shape index (κ3) is 7.02. The van der Waals surface area contributed by atoms with Crippen molar-refractivity contribution in [2.24, 2.45) is 0 Å². The third-order valence-electron chi connectivity index (χ3n) is 7.65. The number of nitrogens with zero attached hydrogens (tertiary/aromatic N) is 1. The van der Waals surface area contributed by atoms with E-state index in [0.29, 0.717) is 33.7 Å². The first-order valence-electron chi connectivity index (χ1n) is 14.4. The van der Waals surface area contributed by atoms with Crippen LogP contribution in [0.5, 0.6) is 5.75 Å². The smallest absolute Gasteiger partial charge is 0.416 e. The van der Waals surface area contributed by atoms with Gasteiger partial charge in [0, 0.05) is 6.42 Å². The number of hydrogen-bond acceptors (Lipinski definition) is 6. The van der Waals surface area contributed by atoms with Gasteiger partial charge in [-0.05, 0) is 77.2 Å². The molecule has 1 atom stereocenters. The number of alkyl halides is 3. The van der Waals surface area contributed by atoms with E-state index in [4.69, 9.17) is 4.74 Å². The number of carbonyl (C=O) groups excluding carboxylic acids is 2. The van der Waals surface area contributed by atoms with Gasteiger partial charge in [0.05, 0.1) is 36.2 Å². The van der Waals surface area contributed by atoms with Crippen LogP contribution in [0.2, 0.25) is 0 Å². The van der Waals surface area contributed by atoms with E-state index in [9.17, 15) is 31.2 Å². The van der Waals surface area contributed by atoms with Crippen LogP contribution in [0.4, 0.5) is 18.9 Å². The highest BCUT2D eigenvalue weighted by Crippen LogP contribution is 2.38. The van der Waals surface area contributed by atoms with Gasteiger partial charge < -0.3 is 14.8 Å². The predicted molar refractivity (Wildman–Crippen MR) is 166 cm³/mol. The van der Waals surface area contributed by atoms with Gasteiger partial charge >= 0.3 is 12.1 Å². The third-order valence-corrected chi connectivity index (χ3v) is 9.47. The fourth-order valence-corrected chi connectivity index (χ4v) is 7.09. The summed E-state index contributed by atoms with van der Waals surface area (Å²) in [7, 11) is -2.94. The molecule has 46 heavy (non-hydrogen) atoms. The van der Waals surface area contributed by atoms with Crippen LogP contribution in [0.15, 0.2) is 95.9 Å². The van der Waals surface area contributed by atoms with Crippen LogP contribution in [0.1, 0.15) is 22.3 Å². The van der Waals surface area contributed by atoms with Crippen molar-refractivity contribution in [3.05, 3.63) is 113 Å². The maximum atomic E-state index is 14.1. The van der Waals surface area contributed by atoms with Crippen LogP contribution in [0, 0.1) is 6.92 Å². The second-order valence-corrected chi connectivity index (χ2v) is 12.6. The van der Waals surface area contributed by atoms with E-state index >= 15 is 0 Å². The van der Waals surface area contributed by atoms with Crippen LogP contribution >= 0.6 is 0 Å². The number of para-hydroxylation sites is 1. The second kappa shape index (κ2) is 13.3. The summed E-state index contributed by atoms with van der Waals surface area (Å²) < 4.78 is 79.5. The molecule has 0 spiro atoms. The Morgan fingerprint density at radius 3 is 2.39 bits per heavy atom. The summed E-state index contributed by atoms with van der Waals surface area (Å²) in [5.41, 5.74) is 2.25. The molecule has 0 saturated carbocycles. The molecule has 8 nitrogen and oxygen atoms in total. The van der Waals surface area contributed by atoms with Gasteiger partial charge in [0.1, 0.15) is 18.4 Å². The quantitative estimate of drug-likeness (QED) is 0.174. The molecule has 0 radical (unpaired) electrons. The number of rotatable bonds is 10. The Balaban J connectivity index is 1.31. The molecule has 0 aliphatic carbocycles. The Labute approximate surface area is 264 Å². The normalized spacial score (nSPS) is 14.5. The number of carbonyl (C=O) groups is 2. The molecule has 0 unspecified atom stereocenters. The lowest BCUT2D eigenvalue weighted by Crippen LogP contribution is -2.48. The topological polar surface area (TPSA) is 102 Å². The number of methoxy groups -OCH3 is 1. The molecule has 4 aromatic rings. The van der Waals surface area contributed by atoms with Gasteiger partial charge in [-0.2, -0.15) is 13.2 Å². The van der Waals surface area contributed by atoms with E-state index in [1.54, 1.807) is 55.5 Å². The maximum Gasteiger partial charge on any atom is 0.416 e. The van der Waals surface area contributed by atoms with Crippen molar-refractivity contribution in [2.75, 3.05) is 24.6 Å². The zero-order valence-electron chi connectivity index (χ0n) is 25.0. The van der Waals surface area contributed by atoms with E-state index in [2.05, 4.69) is 10.1 Å². The number of hydrogen-bond donors (Lipinski definition) is 1.